The molecule has 2 fully saturated rings. The number of carbonyl (C=O) groups excluding carboxylic acids is 2. The Labute approximate surface area is 160 Å². The number of nitrogens with zero attached hydrogens (tertiary/aromatic N) is 2. The van der Waals surface area contributed by atoms with Gasteiger partial charge in [0.25, 0.3) is 0 Å². The van der Waals surface area contributed by atoms with Crippen LogP contribution in [0.2, 0.25) is 0 Å². The summed E-state index contributed by atoms with van der Waals surface area (Å²) < 4.78 is 0. The van der Waals surface area contributed by atoms with Crippen molar-refractivity contribution in [3.05, 3.63) is 35.9 Å². The summed E-state index contributed by atoms with van der Waals surface area (Å²) in [5.41, 5.74) is 5.94. The van der Waals surface area contributed by atoms with Gasteiger partial charge in [0, 0.05) is 19.5 Å². The molecule has 0 bridgehead atoms. The Morgan fingerprint density at radius 2 is 2.00 bits per heavy atom. The molecule has 7 nitrogen and oxygen atoms in total. The first-order valence-electron chi connectivity index (χ1n) is 9.68. The van der Waals surface area contributed by atoms with E-state index in [-0.39, 0.29) is 36.9 Å². The van der Waals surface area contributed by atoms with Gasteiger partial charge in [-0.1, -0.05) is 37.3 Å². The van der Waals surface area contributed by atoms with Gasteiger partial charge < -0.3 is 20.6 Å². The van der Waals surface area contributed by atoms with Crippen molar-refractivity contribution >= 4 is 11.8 Å². The molecule has 2 aliphatic heterocycles. The lowest BCUT2D eigenvalue weighted by Gasteiger charge is -2.42. The third-order valence-corrected chi connectivity index (χ3v) is 5.67. The summed E-state index contributed by atoms with van der Waals surface area (Å²) in [4.78, 5) is 28.2. The number of benzene rings is 1. The van der Waals surface area contributed by atoms with Gasteiger partial charge >= 0.3 is 0 Å². The second kappa shape index (κ2) is 8.37. The molecule has 2 aliphatic rings. The van der Waals surface area contributed by atoms with Crippen molar-refractivity contribution in [2.45, 2.75) is 50.3 Å². The van der Waals surface area contributed by atoms with E-state index in [0.29, 0.717) is 39.0 Å². The van der Waals surface area contributed by atoms with Gasteiger partial charge in [0.05, 0.1) is 31.4 Å². The molecule has 2 amide bonds. The second-order valence-corrected chi connectivity index (χ2v) is 7.89. The van der Waals surface area contributed by atoms with Crippen LogP contribution in [-0.2, 0) is 9.59 Å². The molecule has 2 saturated heterocycles. The number of hydrogen-bond acceptors (Lipinski definition) is 5. The molecule has 1 aromatic carbocycles. The smallest absolute Gasteiger partial charge is 0.226 e. The highest BCUT2D eigenvalue weighted by Crippen LogP contribution is 2.26. The number of piperidine rings is 1. The number of hydrogen-bond donors (Lipinski definition) is 3. The number of nitrogens with two attached hydrogens (primary N) is 1. The first kappa shape index (κ1) is 19.8. The largest absolute Gasteiger partial charge is 0.388 e. The van der Waals surface area contributed by atoms with Crippen molar-refractivity contribution < 1.29 is 14.7 Å². The standard InChI is InChI=1S/C20H30N4O3/c1-15(16-5-3-2-4-6-16)11-18(25)23-9-7-20(27,8-10-23)13-24-14-22-17(21)12-19(24)26/h2-6,15,17,22,27H,7-14,21H2,1H3/t15-,17?/m1/s1. The SMILES string of the molecule is C[C@H](CC(=O)N1CCC(O)(CN2CNC(N)CC2=O)CC1)c1ccccc1. The van der Waals surface area contributed by atoms with Crippen molar-refractivity contribution in [1.29, 1.82) is 0 Å². The fraction of sp³-hybridized carbons (Fsp3) is 0.600. The van der Waals surface area contributed by atoms with E-state index in [0.717, 1.165) is 5.56 Å². The van der Waals surface area contributed by atoms with E-state index in [1.807, 2.05) is 35.2 Å². The average Bonchev–Trinajstić information content (AvgIpc) is 2.65. The van der Waals surface area contributed by atoms with Gasteiger partial charge in [-0.15, -0.1) is 0 Å². The number of rotatable bonds is 5. The Morgan fingerprint density at radius 3 is 2.63 bits per heavy atom. The molecule has 148 valence electrons. The van der Waals surface area contributed by atoms with Crippen LogP contribution in [0.15, 0.2) is 30.3 Å². The zero-order valence-electron chi connectivity index (χ0n) is 15.9. The molecule has 27 heavy (non-hydrogen) atoms. The third kappa shape index (κ3) is 5.06. The quantitative estimate of drug-likeness (QED) is 0.701. The summed E-state index contributed by atoms with van der Waals surface area (Å²) in [6, 6.07) is 10.0. The molecule has 1 aromatic rings. The normalized spacial score (nSPS) is 24.0. The first-order chi connectivity index (χ1) is 12.9. The minimum atomic E-state index is -0.944. The van der Waals surface area contributed by atoms with Crippen LogP contribution < -0.4 is 11.1 Å². The Kier molecular flexibility index (Phi) is 6.14. The summed E-state index contributed by atoms with van der Waals surface area (Å²) in [5.74, 6) is 0.251. The van der Waals surface area contributed by atoms with Gasteiger partial charge in [-0.05, 0) is 24.3 Å². The van der Waals surface area contributed by atoms with Gasteiger partial charge in [-0.2, -0.15) is 0 Å². The number of β-amino-alcohol motifs (C(OH)–C–C–N with tert-alkyl or cyclic N) is 1. The topological polar surface area (TPSA) is 98.9 Å². The lowest BCUT2D eigenvalue weighted by molar-refractivity contribution is -0.144. The summed E-state index contributed by atoms with van der Waals surface area (Å²) in [6.07, 6.45) is 1.37. The van der Waals surface area contributed by atoms with Crippen LogP contribution in [0.25, 0.3) is 0 Å². The van der Waals surface area contributed by atoms with Gasteiger partial charge in [-0.25, -0.2) is 0 Å². The van der Waals surface area contributed by atoms with Gasteiger partial charge in [0.2, 0.25) is 11.8 Å². The fourth-order valence-electron chi connectivity index (χ4n) is 3.83. The molecule has 0 radical (unpaired) electrons. The fourth-order valence-corrected chi connectivity index (χ4v) is 3.83. The molecule has 0 saturated carbocycles. The monoisotopic (exact) mass is 374 g/mol. The van der Waals surface area contributed by atoms with Crippen molar-refractivity contribution in [2.24, 2.45) is 5.73 Å². The zero-order valence-corrected chi connectivity index (χ0v) is 15.9. The molecular weight excluding hydrogens is 344 g/mol. The lowest BCUT2D eigenvalue weighted by Crippen LogP contribution is -2.59. The minimum absolute atomic E-state index is 0.0372. The maximum Gasteiger partial charge on any atom is 0.226 e. The minimum Gasteiger partial charge on any atom is -0.388 e. The number of nitrogens with one attached hydrogen (secondary N) is 1. The molecule has 3 rings (SSSR count). The predicted octanol–water partition coefficient (Wildman–Crippen LogP) is 0.598. The summed E-state index contributed by atoms with van der Waals surface area (Å²) in [7, 11) is 0. The highest BCUT2D eigenvalue weighted by molar-refractivity contribution is 5.78. The molecule has 4 N–H and O–H groups in total. The Bertz CT molecular complexity index is 658. The number of aliphatic hydroxyl groups is 1. The van der Waals surface area contributed by atoms with Crippen molar-refractivity contribution in [3.8, 4) is 0 Å². The van der Waals surface area contributed by atoms with E-state index in [1.165, 1.54) is 0 Å². The maximum atomic E-state index is 12.6. The zero-order chi connectivity index (χ0) is 19.4. The lowest BCUT2D eigenvalue weighted by atomic mass is 9.89. The van der Waals surface area contributed by atoms with Crippen LogP contribution in [0.1, 0.15) is 44.1 Å². The third-order valence-electron chi connectivity index (χ3n) is 5.67. The first-order valence-corrected chi connectivity index (χ1v) is 9.68. The van der Waals surface area contributed by atoms with Gasteiger partial charge in [0.1, 0.15) is 0 Å². The number of likely N-dealkylation sites (tertiary alicyclic amines) is 1. The van der Waals surface area contributed by atoms with E-state index in [1.54, 1.807) is 4.90 Å². The van der Waals surface area contributed by atoms with Crippen molar-refractivity contribution in [1.82, 2.24) is 15.1 Å². The predicted molar refractivity (Wildman–Crippen MR) is 103 cm³/mol. The summed E-state index contributed by atoms with van der Waals surface area (Å²) >= 11 is 0. The second-order valence-electron chi connectivity index (χ2n) is 7.89. The Hall–Kier alpha value is -1.96. The van der Waals surface area contributed by atoms with Gasteiger partial charge in [0.15, 0.2) is 0 Å². The van der Waals surface area contributed by atoms with Gasteiger partial charge in [-0.3, -0.25) is 14.9 Å². The van der Waals surface area contributed by atoms with E-state index in [2.05, 4.69) is 12.2 Å². The summed E-state index contributed by atoms with van der Waals surface area (Å²) in [6.45, 7) is 3.75. The molecule has 2 atom stereocenters. The molecule has 0 aromatic heterocycles. The molecule has 0 aliphatic carbocycles. The van der Waals surface area contributed by atoms with E-state index in [4.69, 9.17) is 5.73 Å². The van der Waals surface area contributed by atoms with Crippen molar-refractivity contribution in [2.75, 3.05) is 26.3 Å². The molecular formula is C20H30N4O3. The Morgan fingerprint density at radius 1 is 1.33 bits per heavy atom. The maximum absolute atomic E-state index is 12.6. The average molecular weight is 374 g/mol. The van der Waals surface area contributed by atoms with Crippen molar-refractivity contribution in [3.63, 3.8) is 0 Å². The van der Waals surface area contributed by atoms with Crippen LogP contribution in [0.5, 0.6) is 0 Å². The highest BCUT2D eigenvalue weighted by Gasteiger charge is 2.37. The number of carbonyl (C=O) groups is 2. The van der Waals surface area contributed by atoms with E-state index in [9.17, 15) is 14.7 Å². The van der Waals surface area contributed by atoms with E-state index < -0.39 is 5.60 Å². The Balaban J connectivity index is 1.49. The van der Waals surface area contributed by atoms with Crippen LogP contribution in [0, 0.1) is 0 Å². The van der Waals surface area contributed by atoms with Crippen LogP contribution >= 0.6 is 0 Å². The van der Waals surface area contributed by atoms with E-state index >= 15 is 0 Å². The molecule has 0 spiro atoms. The number of amides is 2. The van der Waals surface area contributed by atoms with Crippen LogP contribution in [0.4, 0.5) is 0 Å². The van der Waals surface area contributed by atoms with Crippen LogP contribution in [-0.4, -0.2) is 64.8 Å². The highest BCUT2D eigenvalue weighted by atomic mass is 16.3. The van der Waals surface area contributed by atoms with Crippen LogP contribution in [0.3, 0.4) is 0 Å². The molecule has 7 heteroatoms. The molecule has 2 heterocycles. The summed E-state index contributed by atoms with van der Waals surface area (Å²) in [5, 5.41) is 13.9. The molecule has 1 unspecified atom stereocenters.